The van der Waals surface area contributed by atoms with Gasteiger partial charge in [-0.15, -0.1) is 0 Å². The van der Waals surface area contributed by atoms with Crippen LogP contribution in [0.2, 0.25) is 20.1 Å². The Balaban J connectivity index is 0.000000218. The molecule has 2 N–H and O–H groups in total. The number of carbonyl (C=O) groups excluding carboxylic acids is 4. The van der Waals surface area contributed by atoms with E-state index in [0.717, 1.165) is 73.8 Å². The summed E-state index contributed by atoms with van der Waals surface area (Å²) < 4.78 is 55.8. The van der Waals surface area contributed by atoms with Gasteiger partial charge in [-0.3, -0.25) is 20.2 Å². The molecule has 2 amide bonds. The zero-order valence-corrected chi connectivity index (χ0v) is 58.4. The highest BCUT2D eigenvalue weighted by molar-refractivity contribution is 8.04. The number of hydrogen-bond acceptors (Lipinski definition) is 18. The molecular weight excluding hydrogens is 1350 g/mol. The van der Waals surface area contributed by atoms with Gasteiger partial charge in [0.2, 0.25) is 36.2 Å². The average molecular weight is 1420 g/mol. The second-order valence-corrected chi connectivity index (χ2v) is 28.5. The van der Waals surface area contributed by atoms with Crippen LogP contribution in [-0.4, -0.2) is 101 Å². The first-order chi connectivity index (χ1) is 44.0. The summed E-state index contributed by atoms with van der Waals surface area (Å²) in [7, 11) is -2.79. The molecule has 4 heterocycles. The molecule has 8 aromatic rings. The normalized spacial score (nSPS) is 14.2. The summed E-state index contributed by atoms with van der Waals surface area (Å²) in [6, 6.07) is 36.1. The summed E-state index contributed by atoms with van der Waals surface area (Å²) in [4.78, 5) is 62.1. The van der Waals surface area contributed by atoms with E-state index in [1.165, 1.54) is 23.1 Å². The molecule has 0 spiro atoms. The van der Waals surface area contributed by atoms with Gasteiger partial charge < -0.3 is 38.4 Å². The fourth-order valence-corrected chi connectivity index (χ4v) is 15.9. The van der Waals surface area contributed by atoms with Crippen molar-refractivity contribution in [2.75, 3.05) is 71.9 Å². The highest BCUT2D eigenvalue weighted by Crippen LogP contribution is 2.49. The number of nitrogens with zero attached hydrogens (tertiary/aromatic N) is 6. The number of amides is 2. The maximum absolute atomic E-state index is 13.5. The monoisotopic (exact) mass is 1420 g/mol. The minimum absolute atomic E-state index is 0.0539. The Hall–Kier alpha value is -6.77. The van der Waals surface area contributed by atoms with E-state index in [4.69, 9.17) is 60.6 Å². The molecule has 0 aliphatic carbocycles. The fourth-order valence-electron chi connectivity index (χ4n) is 10.2. The highest BCUT2D eigenvalue weighted by Gasteiger charge is 2.33. The number of nitrogens with one attached hydrogen (secondary N) is 2. The molecule has 10 rings (SSSR count). The lowest BCUT2D eigenvalue weighted by Gasteiger charge is -2.29. The number of anilines is 4. The number of thioether (sulfide) groups is 2. The van der Waals surface area contributed by atoms with E-state index in [1.54, 1.807) is 92.0 Å². The van der Waals surface area contributed by atoms with Crippen LogP contribution in [0.15, 0.2) is 141 Å². The number of fused-ring (bicyclic) bond motifs is 4. The standard InChI is InChI=1S/C33H34Cl2N4O6S3.C32H32Cl2N4O4S2/c1-4-45-33(41)22(3)38(25-10-6-21(2)7-11-25)19-30(40)36-20-39-27-17-24(35)9-13-29(27)47-32(39)18-31-37(14-5-15-48(42,43)44)26-16-23(34)8-12-28(26)46-31;1-5-36-25-15-21(33)7-13-27(25)43-30(36)17-31-38(26-16-22(34)8-14-28(26)44-31)19-35-29(39)18-37(20(3)32(40)42-6-2)23-9-11-24(41-4)12-10-23/h6-13,16-18,22H,4-5,14-15,19-20H2,1-3H3,(H-,36,40,42,43,44);7-17,20H,5-6,18-19H2,1-4H3/p+1. The Kier molecular flexibility index (Phi) is 23.8. The quantitative estimate of drug-likeness (QED) is 0.0329. The summed E-state index contributed by atoms with van der Waals surface area (Å²) >= 11 is 31.7. The number of rotatable bonds is 24. The van der Waals surface area contributed by atoms with E-state index in [2.05, 4.69) is 28.5 Å². The van der Waals surface area contributed by atoms with Crippen LogP contribution in [0.5, 0.6) is 5.75 Å². The van der Waals surface area contributed by atoms with Gasteiger partial charge in [-0.1, -0.05) is 110 Å². The second-order valence-electron chi connectivity index (χ2n) is 21.0. The Bertz CT molecular complexity index is 4210. The lowest BCUT2D eigenvalue weighted by Crippen LogP contribution is -2.50. The molecule has 2 atom stereocenters. The van der Waals surface area contributed by atoms with Gasteiger partial charge in [-0.2, -0.15) is 9.13 Å². The first-order valence-electron chi connectivity index (χ1n) is 29.3. The predicted octanol–water partition coefficient (Wildman–Crippen LogP) is 13.1. The Morgan fingerprint density at radius 2 is 1.04 bits per heavy atom. The summed E-state index contributed by atoms with van der Waals surface area (Å²) in [5.41, 5.74) is 6.08. The predicted molar refractivity (Wildman–Crippen MR) is 372 cm³/mol. The third-order valence-corrected chi connectivity index (χ3v) is 21.0. The number of aromatic nitrogens is 2. The van der Waals surface area contributed by atoms with Gasteiger partial charge >= 0.3 is 11.9 Å². The van der Waals surface area contributed by atoms with E-state index in [1.807, 2.05) is 124 Å². The Morgan fingerprint density at radius 3 is 1.48 bits per heavy atom. The molecule has 2 aromatic heterocycles. The van der Waals surface area contributed by atoms with Crippen molar-refractivity contribution < 1.29 is 55.5 Å². The first kappa shape index (κ1) is 69.6. The van der Waals surface area contributed by atoms with Crippen molar-refractivity contribution in [2.24, 2.45) is 0 Å². The van der Waals surface area contributed by atoms with Crippen molar-refractivity contribution in [3.8, 4) is 5.75 Å². The van der Waals surface area contributed by atoms with Crippen LogP contribution < -0.4 is 44.1 Å². The van der Waals surface area contributed by atoms with Crippen molar-refractivity contribution >= 4 is 182 Å². The maximum atomic E-state index is 13.5. The summed E-state index contributed by atoms with van der Waals surface area (Å²) in [5.74, 6) is -1.21. The molecule has 2 unspecified atom stereocenters. The Labute approximate surface area is 571 Å². The molecule has 0 bridgehead atoms. The smallest absolute Gasteiger partial charge is 0.328 e. The molecular formula is C65H67Cl4N8O10S5+. The van der Waals surface area contributed by atoms with Gasteiger partial charge in [0.1, 0.15) is 27.2 Å². The molecule has 0 radical (unpaired) electrons. The largest absolute Gasteiger partial charge is 0.748 e. The maximum Gasteiger partial charge on any atom is 0.328 e. The third kappa shape index (κ3) is 17.3. The van der Waals surface area contributed by atoms with Crippen molar-refractivity contribution in [3.63, 3.8) is 0 Å². The van der Waals surface area contributed by atoms with Crippen LogP contribution in [0.25, 0.3) is 32.6 Å². The van der Waals surface area contributed by atoms with E-state index >= 15 is 0 Å². The van der Waals surface area contributed by atoms with Crippen molar-refractivity contribution in [3.05, 3.63) is 167 Å². The minimum atomic E-state index is -4.38. The van der Waals surface area contributed by atoms with Crippen LogP contribution in [0.4, 0.5) is 22.7 Å². The van der Waals surface area contributed by atoms with Gasteiger partial charge in [0.25, 0.3) is 10.0 Å². The van der Waals surface area contributed by atoms with Crippen LogP contribution in [-0.2, 0) is 52.1 Å². The van der Waals surface area contributed by atoms with Crippen molar-refractivity contribution in [1.29, 1.82) is 0 Å². The number of halogens is 4. The molecule has 18 nitrogen and oxygen atoms in total. The number of benzene rings is 6. The molecule has 92 heavy (non-hydrogen) atoms. The van der Waals surface area contributed by atoms with Crippen LogP contribution in [0, 0.1) is 6.92 Å². The van der Waals surface area contributed by atoms with Gasteiger partial charge in [0.15, 0.2) is 0 Å². The summed E-state index contributed by atoms with van der Waals surface area (Å²) in [6.07, 6.45) is 4.24. The number of hydrogen-bond donors (Lipinski definition) is 2. The molecule has 2 aliphatic rings. The molecule has 0 saturated heterocycles. The van der Waals surface area contributed by atoms with E-state index < -0.39 is 39.9 Å². The van der Waals surface area contributed by atoms with Crippen LogP contribution in [0.3, 0.4) is 0 Å². The zero-order valence-electron chi connectivity index (χ0n) is 51.2. The molecule has 0 fully saturated rings. The number of esters is 2. The van der Waals surface area contributed by atoms with E-state index in [9.17, 15) is 32.1 Å². The molecule has 6 aromatic carbocycles. The minimum Gasteiger partial charge on any atom is -0.748 e. The topological polar surface area (TPSA) is 198 Å². The number of aryl methyl sites for hydroxylation is 1. The number of carbonyl (C=O) groups is 4. The lowest BCUT2D eigenvalue weighted by molar-refractivity contribution is -0.672. The summed E-state index contributed by atoms with van der Waals surface area (Å²) in [5, 5.41) is 12.1. The Morgan fingerprint density at radius 1 is 0.620 bits per heavy atom. The fraction of sp³-hybridized carbons (Fsp3) is 0.292. The van der Waals surface area contributed by atoms with Crippen LogP contribution >= 0.6 is 92.6 Å². The number of thiazole rings is 2. The number of methoxy groups -OCH3 is 1. The lowest BCUT2D eigenvalue weighted by atomic mass is 10.1. The van der Waals surface area contributed by atoms with E-state index in [0.29, 0.717) is 37.2 Å². The van der Waals surface area contributed by atoms with Crippen molar-refractivity contribution in [2.45, 2.75) is 83.2 Å². The van der Waals surface area contributed by atoms with Crippen molar-refractivity contribution in [1.82, 2.24) is 10.6 Å². The zero-order chi connectivity index (χ0) is 66.0. The molecule has 0 saturated carbocycles. The molecule has 27 heteroatoms. The summed E-state index contributed by atoms with van der Waals surface area (Å²) in [6.45, 7) is 12.7. The average Bonchev–Trinajstić information content (AvgIpc) is 1.73. The van der Waals surface area contributed by atoms with Gasteiger partial charge in [-0.25, -0.2) is 18.0 Å². The van der Waals surface area contributed by atoms with Gasteiger partial charge in [0.05, 0.1) is 77.1 Å². The third-order valence-electron chi connectivity index (χ3n) is 14.8. The number of ether oxygens (including phenoxy) is 3. The second kappa shape index (κ2) is 31.4. The van der Waals surface area contributed by atoms with Gasteiger partial charge in [0, 0.05) is 72.2 Å². The van der Waals surface area contributed by atoms with Crippen LogP contribution in [0.1, 0.15) is 56.6 Å². The van der Waals surface area contributed by atoms with E-state index in [-0.39, 0.29) is 64.4 Å². The highest BCUT2D eigenvalue weighted by atomic mass is 35.5. The molecule has 2 aliphatic heterocycles. The van der Waals surface area contributed by atoms with Gasteiger partial charge in [-0.05, 0) is 145 Å². The molecule has 484 valence electrons. The SMILES string of the molecule is CCOC(=O)C(C)N(CC(=O)NC[n+]1c(/C=C2\Sc3ccc(Cl)cc3N2CC)sc2ccc(Cl)cc21)c1ccc(OC)cc1.CCOC(=O)C(C)N(CC(=O)NC[n+]1c(/C=C2\Sc3ccc(Cl)cc3N2CCCS(=O)(=O)[O-])sc2ccc(Cl)cc21)c1ccc(C)cc1. The first-order valence-corrected chi connectivity index (χ1v) is 35.6.